The summed E-state index contributed by atoms with van der Waals surface area (Å²) in [7, 11) is 0. The molecule has 3 atom stereocenters. The Hall–Kier alpha value is -2.79. The van der Waals surface area contributed by atoms with E-state index in [1.807, 2.05) is 18.2 Å². The molecular formula is C29H31F3O2. The molecule has 0 amide bonds. The second-order valence-corrected chi connectivity index (χ2v) is 9.17. The third-order valence-electron chi connectivity index (χ3n) is 6.75. The predicted octanol–water partition coefficient (Wildman–Crippen LogP) is 7.33. The molecule has 0 bridgehead atoms. The molecule has 1 aliphatic rings. The number of fused-ring (bicyclic) bond motifs is 1. The Kier molecular flexibility index (Phi) is 7.62. The van der Waals surface area contributed by atoms with Gasteiger partial charge in [0.25, 0.3) is 0 Å². The fraction of sp³-hybridized carbons (Fsp3) is 0.379. The number of aliphatic hydroxyl groups is 1. The number of ether oxygens (including phenoxy) is 1. The molecule has 1 N–H and O–H groups in total. The normalized spacial score (nSPS) is 18.9. The number of aliphatic hydroxyl groups excluding tert-OH is 1. The Morgan fingerprint density at radius 1 is 0.941 bits per heavy atom. The number of benzene rings is 3. The molecule has 1 aliphatic carbocycles. The van der Waals surface area contributed by atoms with Crippen molar-refractivity contribution in [1.29, 1.82) is 0 Å². The molecule has 0 aromatic heterocycles. The van der Waals surface area contributed by atoms with Crippen molar-refractivity contribution in [2.75, 3.05) is 6.61 Å². The zero-order valence-corrected chi connectivity index (χ0v) is 19.4. The van der Waals surface area contributed by atoms with Crippen LogP contribution in [0.4, 0.5) is 13.2 Å². The number of halogens is 3. The van der Waals surface area contributed by atoms with Crippen LogP contribution in [-0.4, -0.2) is 24.0 Å². The summed E-state index contributed by atoms with van der Waals surface area (Å²) in [6, 6.07) is 24.2. The summed E-state index contributed by atoms with van der Waals surface area (Å²) in [4.78, 5) is 0. The molecule has 180 valence electrons. The first-order valence-corrected chi connectivity index (χ1v) is 12.0. The first-order valence-electron chi connectivity index (χ1n) is 12.0. The monoisotopic (exact) mass is 468 g/mol. The fourth-order valence-electron chi connectivity index (χ4n) is 5.07. The molecule has 3 aromatic rings. The average Bonchev–Trinajstić information content (AvgIpc) is 2.83. The van der Waals surface area contributed by atoms with Crippen molar-refractivity contribution in [3.63, 3.8) is 0 Å². The van der Waals surface area contributed by atoms with Crippen LogP contribution in [0.1, 0.15) is 65.3 Å². The molecule has 0 saturated heterocycles. The average molecular weight is 469 g/mol. The largest absolute Gasteiger partial charge is 0.481 e. The highest BCUT2D eigenvalue weighted by Gasteiger charge is 2.41. The van der Waals surface area contributed by atoms with Gasteiger partial charge in [0.2, 0.25) is 0 Å². The van der Waals surface area contributed by atoms with E-state index in [-0.39, 0.29) is 31.1 Å². The predicted molar refractivity (Wildman–Crippen MR) is 128 cm³/mol. The minimum atomic E-state index is -4.45. The van der Waals surface area contributed by atoms with Crippen LogP contribution in [0.15, 0.2) is 72.8 Å². The third kappa shape index (κ3) is 5.64. The van der Waals surface area contributed by atoms with Crippen LogP contribution < -0.4 is 4.74 Å². The molecule has 34 heavy (non-hydrogen) atoms. The van der Waals surface area contributed by atoms with Gasteiger partial charge in [0.05, 0.1) is 0 Å². The van der Waals surface area contributed by atoms with Crippen LogP contribution in [0, 0.1) is 6.92 Å². The molecule has 0 fully saturated rings. The quantitative estimate of drug-likeness (QED) is 0.351. The van der Waals surface area contributed by atoms with Crippen LogP contribution in [0.5, 0.6) is 5.75 Å². The van der Waals surface area contributed by atoms with E-state index >= 15 is 0 Å². The zero-order chi connectivity index (χ0) is 24.1. The van der Waals surface area contributed by atoms with E-state index in [2.05, 4.69) is 49.4 Å². The van der Waals surface area contributed by atoms with Gasteiger partial charge in [-0.15, -0.1) is 0 Å². The van der Waals surface area contributed by atoms with Crippen molar-refractivity contribution in [3.8, 4) is 5.75 Å². The zero-order valence-electron chi connectivity index (χ0n) is 19.4. The standard InChI is InChI=1S/C29H31F3O2/c1-20-10-16-26-23(19-20)13-17-25(21-7-3-2-4-8-21)28(26)22-11-14-24(15-12-22)34-27(29(30,31)32)9-5-6-18-33/h2-4,7-8,10-12,14-16,19,25,27-28,33H,5-6,9,13,17-18H2,1H3/t25-,27?,28+/m1/s1. The minimum Gasteiger partial charge on any atom is -0.481 e. The van der Waals surface area contributed by atoms with Crippen LogP contribution in [0.2, 0.25) is 0 Å². The second kappa shape index (κ2) is 10.6. The van der Waals surface area contributed by atoms with Gasteiger partial charge < -0.3 is 9.84 Å². The third-order valence-corrected chi connectivity index (χ3v) is 6.75. The Morgan fingerprint density at radius 3 is 2.35 bits per heavy atom. The van der Waals surface area contributed by atoms with E-state index in [1.165, 1.54) is 22.3 Å². The lowest BCUT2D eigenvalue weighted by molar-refractivity contribution is -0.197. The summed E-state index contributed by atoms with van der Waals surface area (Å²) in [5.74, 6) is 0.639. The van der Waals surface area contributed by atoms with Gasteiger partial charge >= 0.3 is 6.18 Å². The molecule has 0 heterocycles. The van der Waals surface area contributed by atoms with E-state index < -0.39 is 12.3 Å². The van der Waals surface area contributed by atoms with Crippen molar-refractivity contribution < 1.29 is 23.0 Å². The first-order chi connectivity index (χ1) is 16.4. The molecule has 0 radical (unpaired) electrons. The van der Waals surface area contributed by atoms with Crippen LogP contribution in [0.25, 0.3) is 0 Å². The summed E-state index contributed by atoms with van der Waals surface area (Å²) >= 11 is 0. The van der Waals surface area contributed by atoms with E-state index in [4.69, 9.17) is 9.84 Å². The van der Waals surface area contributed by atoms with Crippen LogP contribution >= 0.6 is 0 Å². The lowest BCUT2D eigenvalue weighted by Gasteiger charge is -2.35. The van der Waals surface area contributed by atoms with Gasteiger partial charge in [-0.2, -0.15) is 13.2 Å². The molecule has 1 unspecified atom stereocenters. The molecule has 0 saturated carbocycles. The number of aryl methyl sites for hydroxylation is 2. The number of hydrogen-bond acceptors (Lipinski definition) is 2. The molecule has 3 aromatic carbocycles. The Labute approximate surface area is 199 Å². The van der Waals surface area contributed by atoms with Gasteiger partial charge in [-0.3, -0.25) is 0 Å². The van der Waals surface area contributed by atoms with Gasteiger partial charge in [0.1, 0.15) is 5.75 Å². The van der Waals surface area contributed by atoms with Gasteiger partial charge in [-0.25, -0.2) is 0 Å². The summed E-state index contributed by atoms with van der Waals surface area (Å²) in [6.45, 7) is 1.98. The van der Waals surface area contributed by atoms with Crippen molar-refractivity contribution in [2.24, 2.45) is 0 Å². The van der Waals surface area contributed by atoms with Gasteiger partial charge in [0, 0.05) is 12.5 Å². The van der Waals surface area contributed by atoms with Crippen LogP contribution in [-0.2, 0) is 6.42 Å². The van der Waals surface area contributed by atoms with E-state index in [0.29, 0.717) is 12.3 Å². The van der Waals surface area contributed by atoms with Gasteiger partial charge in [-0.1, -0.05) is 66.2 Å². The smallest absolute Gasteiger partial charge is 0.425 e. The highest BCUT2D eigenvalue weighted by Crippen LogP contribution is 2.46. The maximum Gasteiger partial charge on any atom is 0.425 e. The molecule has 0 aliphatic heterocycles. The van der Waals surface area contributed by atoms with Gasteiger partial charge in [-0.05, 0) is 79.3 Å². The lowest BCUT2D eigenvalue weighted by atomic mass is 9.69. The van der Waals surface area contributed by atoms with Crippen molar-refractivity contribution in [2.45, 2.75) is 63.1 Å². The van der Waals surface area contributed by atoms with E-state index in [1.54, 1.807) is 12.1 Å². The molecule has 0 spiro atoms. The summed E-state index contributed by atoms with van der Waals surface area (Å²) < 4.78 is 45.7. The number of hydrogen-bond donors (Lipinski definition) is 1. The highest BCUT2D eigenvalue weighted by molar-refractivity contribution is 5.47. The maximum atomic E-state index is 13.5. The maximum absolute atomic E-state index is 13.5. The van der Waals surface area contributed by atoms with Crippen molar-refractivity contribution in [1.82, 2.24) is 0 Å². The molecule has 2 nitrogen and oxygen atoms in total. The number of rotatable bonds is 8. The lowest BCUT2D eigenvalue weighted by Crippen LogP contribution is -2.34. The van der Waals surface area contributed by atoms with E-state index in [0.717, 1.165) is 18.4 Å². The van der Waals surface area contributed by atoms with Crippen molar-refractivity contribution in [3.05, 3.63) is 101 Å². The Morgan fingerprint density at radius 2 is 1.68 bits per heavy atom. The fourth-order valence-corrected chi connectivity index (χ4v) is 5.07. The van der Waals surface area contributed by atoms with E-state index in [9.17, 15) is 13.2 Å². The summed E-state index contributed by atoms with van der Waals surface area (Å²) in [5, 5.41) is 8.89. The Balaban J connectivity index is 1.62. The number of alkyl halides is 3. The SMILES string of the molecule is Cc1ccc2c(c1)CC[C@H](c1ccccc1)[C@@H]2c1ccc(OC(CCCCO)C(F)(F)F)cc1. The minimum absolute atomic E-state index is 0.121. The van der Waals surface area contributed by atoms with Crippen LogP contribution in [0.3, 0.4) is 0 Å². The van der Waals surface area contributed by atoms with Crippen molar-refractivity contribution >= 4 is 0 Å². The molecular weight excluding hydrogens is 437 g/mol. The topological polar surface area (TPSA) is 29.5 Å². The molecule has 5 heteroatoms. The molecule has 4 rings (SSSR count). The highest BCUT2D eigenvalue weighted by atomic mass is 19.4. The first kappa shape index (κ1) is 24.3. The Bertz CT molecular complexity index is 1060. The van der Waals surface area contributed by atoms with Gasteiger partial charge in [0.15, 0.2) is 6.10 Å². The second-order valence-electron chi connectivity index (χ2n) is 9.17. The number of unbranched alkanes of at least 4 members (excludes halogenated alkanes) is 1. The summed E-state index contributed by atoms with van der Waals surface area (Å²) in [5.41, 5.74) is 6.23. The summed E-state index contributed by atoms with van der Waals surface area (Å²) in [6.07, 6.45) is -3.88.